The van der Waals surface area contributed by atoms with E-state index in [-0.39, 0.29) is 24.2 Å². The number of para-hydroxylation sites is 1. The predicted molar refractivity (Wildman–Crippen MR) is 153 cm³/mol. The molecule has 1 N–H and O–H groups in total. The largest absolute Gasteiger partial charge is 0.481 e. The molecule has 0 bridgehead atoms. The molecule has 1 aliphatic rings. The molecule has 1 atom stereocenters. The van der Waals surface area contributed by atoms with Crippen LogP contribution in [0.2, 0.25) is 0 Å². The van der Waals surface area contributed by atoms with Gasteiger partial charge in [-0.2, -0.15) is 0 Å². The number of aliphatic carboxylic acids is 1. The molecule has 0 aliphatic carbocycles. The second-order valence-corrected chi connectivity index (χ2v) is 10.9. The Morgan fingerprint density at radius 3 is 2.44 bits per heavy atom. The molecule has 1 amide bonds. The van der Waals surface area contributed by atoms with Crippen molar-refractivity contribution in [3.8, 4) is 0 Å². The quantitative estimate of drug-likeness (QED) is 0.328. The summed E-state index contributed by atoms with van der Waals surface area (Å²) in [5.74, 6) is -0.540. The van der Waals surface area contributed by atoms with Crippen molar-refractivity contribution in [3.63, 3.8) is 0 Å². The Morgan fingerprint density at radius 1 is 1.08 bits per heavy atom. The Balaban J connectivity index is 1.52. The number of aromatic nitrogens is 2. The maximum Gasteiger partial charge on any atom is 0.303 e. The molecule has 3 heterocycles. The van der Waals surface area contributed by atoms with Gasteiger partial charge in [-0.3, -0.25) is 9.59 Å². The first kappa shape index (κ1) is 26.9. The van der Waals surface area contributed by atoms with Crippen molar-refractivity contribution in [1.82, 2.24) is 14.5 Å². The number of fused-ring (bicyclic) bond motifs is 3. The highest BCUT2D eigenvalue weighted by molar-refractivity contribution is 6.08. The minimum atomic E-state index is -0.800. The van der Waals surface area contributed by atoms with Crippen LogP contribution in [-0.4, -0.2) is 58.7 Å². The van der Waals surface area contributed by atoms with E-state index < -0.39 is 5.97 Å². The zero-order valence-corrected chi connectivity index (χ0v) is 23.2. The first-order valence-electron chi connectivity index (χ1n) is 13.7. The van der Waals surface area contributed by atoms with E-state index in [0.29, 0.717) is 26.2 Å². The van der Waals surface area contributed by atoms with Crippen molar-refractivity contribution in [2.24, 2.45) is 5.92 Å². The molecule has 1 saturated heterocycles. The van der Waals surface area contributed by atoms with Gasteiger partial charge in [-0.15, -0.1) is 0 Å². The van der Waals surface area contributed by atoms with Crippen LogP contribution in [0.1, 0.15) is 53.1 Å². The maximum atomic E-state index is 13.2. The monoisotopic (exact) mass is 527 g/mol. The van der Waals surface area contributed by atoms with Crippen LogP contribution in [0.5, 0.6) is 0 Å². The highest BCUT2D eigenvalue weighted by Crippen LogP contribution is 2.36. The number of carboxylic acid groups (broad SMARTS) is 1. The summed E-state index contributed by atoms with van der Waals surface area (Å²) in [6.07, 6.45) is 2.35. The molecule has 204 valence electrons. The standard InChI is InChI=1S/C32H37N3O4/c1-20-25(13-14-28(36)37)21(2)33-31-29(20)26-7-5-6-8-27(26)35(31)19-22-9-11-23(12-10-22)30(32(38)34(3)4)24-15-17-39-18-16-24/h5-12,24,30H,13-19H2,1-4H3,(H,36,37). The van der Waals surface area contributed by atoms with Crippen molar-refractivity contribution >= 4 is 33.8 Å². The molecule has 7 nitrogen and oxygen atoms in total. The van der Waals surface area contributed by atoms with Crippen LogP contribution in [0, 0.1) is 19.8 Å². The topological polar surface area (TPSA) is 84.7 Å². The molecule has 1 unspecified atom stereocenters. The molecule has 2 aromatic heterocycles. The minimum absolute atomic E-state index is 0.0884. The molecule has 39 heavy (non-hydrogen) atoms. The lowest BCUT2D eigenvalue weighted by atomic mass is 9.80. The third kappa shape index (κ3) is 5.28. The average Bonchev–Trinajstić information content (AvgIpc) is 3.23. The van der Waals surface area contributed by atoms with Gasteiger partial charge in [0.1, 0.15) is 5.65 Å². The maximum absolute atomic E-state index is 13.2. The van der Waals surface area contributed by atoms with E-state index in [1.807, 2.05) is 33.2 Å². The third-order valence-electron chi connectivity index (χ3n) is 8.19. The number of ether oxygens (including phenoxy) is 1. The fourth-order valence-electron chi connectivity index (χ4n) is 6.14. The van der Waals surface area contributed by atoms with Gasteiger partial charge in [-0.1, -0.05) is 42.5 Å². The van der Waals surface area contributed by atoms with Crippen LogP contribution in [0.4, 0.5) is 0 Å². The molecule has 0 spiro atoms. The van der Waals surface area contributed by atoms with Crippen molar-refractivity contribution in [3.05, 3.63) is 76.5 Å². The van der Waals surface area contributed by atoms with E-state index in [1.54, 1.807) is 4.90 Å². The Kier molecular flexibility index (Phi) is 7.71. The summed E-state index contributed by atoms with van der Waals surface area (Å²) in [6, 6.07) is 16.8. The van der Waals surface area contributed by atoms with Gasteiger partial charge in [0, 0.05) is 56.7 Å². The van der Waals surface area contributed by atoms with Crippen molar-refractivity contribution < 1.29 is 19.4 Å². The smallest absolute Gasteiger partial charge is 0.303 e. The molecule has 2 aromatic carbocycles. The number of aryl methyl sites for hydroxylation is 2. The van der Waals surface area contributed by atoms with Crippen molar-refractivity contribution in [1.29, 1.82) is 0 Å². The molecular weight excluding hydrogens is 490 g/mol. The molecule has 0 saturated carbocycles. The number of rotatable bonds is 8. The van der Waals surface area contributed by atoms with E-state index in [1.165, 1.54) is 0 Å². The number of hydrogen-bond donors (Lipinski definition) is 1. The number of amides is 1. The van der Waals surface area contributed by atoms with Gasteiger partial charge < -0.3 is 19.3 Å². The van der Waals surface area contributed by atoms with Gasteiger partial charge in [-0.05, 0) is 67.3 Å². The molecule has 7 heteroatoms. The summed E-state index contributed by atoms with van der Waals surface area (Å²) in [5, 5.41) is 11.5. The first-order valence-corrected chi connectivity index (χ1v) is 13.7. The lowest BCUT2D eigenvalue weighted by molar-refractivity contribution is -0.137. The second-order valence-electron chi connectivity index (χ2n) is 10.9. The minimum Gasteiger partial charge on any atom is -0.481 e. The number of carboxylic acids is 1. The third-order valence-corrected chi connectivity index (χ3v) is 8.19. The van der Waals surface area contributed by atoms with E-state index in [2.05, 4.69) is 47.9 Å². The number of benzene rings is 2. The summed E-state index contributed by atoms with van der Waals surface area (Å²) < 4.78 is 7.81. The number of likely N-dealkylation sites (N-methyl/N-ethyl adjacent to an activating group) is 1. The summed E-state index contributed by atoms with van der Waals surface area (Å²) >= 11 is 0. The summed E-state index contributed by atoms with van der Waals surface area (Å²) in [4.78, 5) is 31.2. The SMILES string of the molecule is Cc1nc2c(c(C)c1CCC(=O)O)c1ccccc1n2Cc1ccc(C(C(=O)N(C)C)C2CCOCC2)cc1. The van der Waals surface area contributed by atoms with Gasteiger partial charge >= 0.3 is 5.97 Å². The van der Waals surface area contributed by atoms with E-state index in [0.717, 1.165) is 62.7 Å². The lowest BCUT2D eigenvalue weighted by Gasteiger charge is -2.31. The molecule has 4 aromatic rings. The second kappa shape index (κ2) is 11.2. The fourth-order valence-corrected chi connectivity index (χ4v) is 6.14. The molecule has 1 aliphatic heterocycles. The highest BCUT2D eigenvalue weighted by atomic mass is 16.5. The number of hydrogen-bond acceptors (Lipinski definition) is 4. The average molecular weight is 528 g/mol. The van der Waals surface area contributed by atoms with E-state index in [4.69, 9.17) is 9.72 Å². The Labute approximate surface area is 229 Å². The van der Waals surface area contributed by atoms with Crippen LogP contribution in [0.25, 0.3) is 21.9 Å². The molecule has 1 fully saturated rings. The predicted octanol–water partition coefficient (Wildman–Crippen LogP) is 5.47. The Morgan fingerprint density at radius 2 is 1.77 bits per heavy atom. The van der Waals surface area contributed by atoms with Gasteiger partial charge in [-0.25, -0.2) is 4.98 Å². The molecule has 0 radical (unpaired) electrons. The zero-order chi connectivity index (χ0) is 27.7. The summed E-state index contributed by atoms with van der Waals surface area (Å²) in [7, 11) is 3.66. The van der Waals surface area contributed by atoms with Gasteiger partial charge in [0.2, 0.25) is 5.91 Å². The van der Waals surface area contributed by atoms with Crippen LogP contribution >= 0.6 is 0 Å². The van der Waals surface area contributed by atoms with Crippen LogP contribution < -0.4 is 0 Å². The molecular formula is C32H37N3O4. The van der Waals surface area contributed by atoms with Crippen LogP contribution in [-0.2, 0) is 27.3 Å². The van der Waals surface area contributed by atoms with Crippen molar-refractivity contribution in [2.75, 3.05) is 27.3 Å². The first-order chi connectivity index (χ1) is 18.8. The van der Waals surface area contributed by atoms with Gasteiger partial charge in [0.15, 0.2) is 0 Å². The Hall–Kier alpha value is -3.71. The lowest BCUT2D eigenvalue weighted by Crippen LogP contribution is -2.35. The van der Waals surface area contributed by atoms with E-state index in [9.17, 15) is 14.7 Å². The van der Waals surface area contributed by atoms with Crippen LogP contribution in [0.3, 0.4) is 0 Å². The molecule has 5 rings (SSSR count). The van der Waals surface area contributed by atoms with Gasteiger partial charge in [0.05, 0.1) is 11.4 Å². The summed E-state index contributed by atoms with van der Waals surface area (Å²) in [5.41, 5.74) is 7.20. The number of nitrogens with zero attached hydrogens (tertiary/aromatic N) is 3. The number of carbonyl (C=O) groups is 2. The van der Waals surface area contributed by atoms with Crippen molar-refractivity contribution in [2.45, 2.75) is 52.0 Å². The van der Waals surface area contributed by atoms with Crippen LogP contribution in [0.15, 0.2) is 48.5 Å². The normalized spacial score (nSPS) is 15.1. The van der Waals surface area contributed by atoms with Gasteiger partial charge in [0.25, 0.3) is 0 Å². The Bertz CT molecular complexity index is 1510. The fraction of sp³-hybridized carbons (Fsp3) is 0.406. The highest BCUT2D eigenvalue weighted by Gasteiger charge is 2.32. The zero-order valence-electron chi connectivity index (χ0n) is 23.2. The number of pyridine rings is 1. The number of carbonyl (C=O) groups excluding carboxylic acids is 1. The summed E-state index contributed by atoms with van der Waals surface area (Å²) in [6.45, 7) is 6.11. The van der Waals surface area contributed by atoms with E-state index >= 15 is 0 Å².